The van der Waals surface area contributed by atoms with E-state index in [2.05, 4.69) is 17.0 Å². The number of para-hydroxylation sites is 1. The molecule has 1 heterocycles. The third kappa shape index (κ3) is 4.20. The van der Waals surface area contributed by atoms with Crippen LogP contribution in [0.2, 0.25) is 0 Å². The summed E-state index contributed by atoms with van der Waals surface area (Å²) < 4.78 is 17.5. The Labute approximate surface area is 121 Å². The van der Waals surface area contributed by atoms with Gasteiger partial charge in [0.25, 0.3) is 0 Å². The maximum Gasteiger partial charge on any atom is 0.175 e. The molecule has 1 aromatic carbocycles. The van der Waals surface area contributed by atoms with Crippen LogP contribution in [-0.2, 0) is 14.2 Å². The zero-order valence-corrected chi connectivity index (χ0v) is 12.8. The number of hydrogen-bond donors (Lipinski definition) is 0. The number of anilines is 1. The van der Waals surface area contributed by atoms with E-state index in [4.69, 9.17) is 14.2 Å². The Morgan fingerprint density at radius 3 is 2.30 bits per heavy atom. The summed E-state index contributed by atoms with van der Waals surface area (Å²) in [7, 11) is 0. The van der Waals surface area contributed by atoms with Crippen molar-refractivity contribution in [1.82, 2.24) is 0 Å². The van der Waals surface area contributed by atoms with Gasteiger partial charge in [-0.25, -0.2) is 0 Å². The smallest absolute Gasteiger partial charge is 0.175 e. The first-order valence-corrected chi connectivity index (χ1v) is 7.30. The van der Waals surface area contributed by atoms with Gasteiger partial charge in [0.2, 0.25) is 0 Å². The highest BCUT2D eigenvalue weighted by atomic mass is 16.7. The van der Waals surface area contributed by atoms with Crippen molar-refractivity contribution in [3.8, 4) is 0 Å². The van der Waals surface area contributed by atoms with Crippen LogP contribution in [0.3, 0.4) is 0 Å². The van der Waals surface area contributed by atoms with Crippen molar-refractivity contribution in [2.24, 2.45) is 0 Å². The number of ether oxygens (including phenoxy) is 3. The molecule has 112 valence electrons. The third-order valence-electron chi connectivity index (χ3n) is 3.06. The number of nitrogens with zero attached hydrogens (tertiary/aromatic N) is 1. The van der Waals surface area contributed by atoms with E-state index < -0.39 is 0 Å². The molecular formula is C16H25NO3. The first-order chi connectivity index (χ1) is 9.56. The quantitative estimate of drug-likeness (QED) is 0.829. The highest BCUT2D eigenvalue weighted by Gasteiger charge is 2.31. The topological polar surface area (TPSA) is 30.9 Å². The Morgan fingerprint density at radius 1 is 1.05 bits per heavy atom. The zero-order chi connectivity index (χ0) is 14.5. The molecule has 0 aliphatic carbocycles. The summed E-state index contributed by atoms with van der Waals surface area (Å²) in [5.74, 6) is 0. The van der Waals surface area contributed by atoms with E-state index in [9.17, 15) is 0 Å². The lowest BCUT2D eigenvalue weighted by molar-refractivity contribution is -0.200. The summed E-state index contributed by atoms with van der Waals surface area (Å²) in [4.78, 5) is 2.22. The molecule has 0 saturated carbocycles. The van der Waals surface area contributed by atoms with Crippen molar-refractivity contribution in [3.63, 3.8) is 0 Å². The molecule has 0 radical (unpaired) electrons. The van der Waals surface area contributed by atoms with Gasteiger partial charge in [0.1, 0.15) is 0 Å². The summed E-state index contributed by atoms with van der Waals surface area (Å²) in [6, 6.07) is 10.3. The molecule has 0 bridgehead atoms. The normalized spacial score (nSPS) is 23.6. The van der Waals surface area contributed by atoms with E-state index >= 15 is 0 Å². The van der Waals surface area contributed by atoms with Gasteiger partial charge < -0.3 is 19.1 Å². The highest BCUT2D eigenvalue weighted by molar-refractivity contribution is 5.47. The summed E-state index contributed by atoms with van der Waals surface area (Å²) >= 11 is 0. The van der Waals surface area contributed by atoms with Gasteiger partial charge in [0.05, 0.1) is 25.4 Å². The predicted octanol–water partition coefficient (Wildman–Crippen LogP) is 3.03. The van der Waals surface area contributed by atoms with Crippen LogP contribution in [0, 0.1) is 0 Å². The minimum Gasteiger partial charge on any atom is -0.353 e. The van der Waals surface area contributed by atoms with Gasteiger partial charge in [0.15, 0.2) is 12.5 Å². The van der Waals surface area contributed by atoms with E-state index in [-0.39, 0.29) is 24.7 Å². The van der Waals surface area contributed by atoms with Crippen molar-refractivity contribution in [2.45, 2.75) is 52.4 Å². The highest BCUT2D eigenvalue weighted by Crippen LogP contribution is 2.23. The molecule has 0 amide bonds. The summed E-state index contributed by atoms with van der Waals surface area (Å²) in [6.45, 7) is 9.32. The summed E-state index contributed by atoms with van der Waals surface area (Å²) in [6.07, 6.45) is 0.0456. The second kappa shape index (κ2) is 7.07. The Morgan fingerprint density at radius 2 is 1.70 bits per heavy atom. The van der Waals surface area contributed by atoms with E-state index in [1.54, 1.807) is 0 Å². The molecule has 0 aromatic heterocycles. The average molecular weight is 279 g/mol. The van der Waals surface area contributed by atoms with Gasteiger partial charge in [-0.3, -0.25) is 0 Å². The lowest BCUT2D eigenvalue weighted by atomic mass is 10.2. The van der Waals surface area contributed by atoms with Crippen LogP contribution >= 0.6 is 0 Å². The average Bonchev–Trinajstić information content (AvgIpc) is 2.40. The van der Waals surface area contributed by atoms with E-state index in [0.29, 0.717) is 13.2 Å². The maximum absolute atomic E-state index is 5.96. The van der Waals surface area contributed by atoms with Gasteiger partial charge in [-0.1, -0.05) is 18.2 Å². The molecule has 1 aliphatic rings. The van der Waals surface area contributed by atoms with Crippen LogP contribution in [0.25, 0.3) is 0 Å². The molecule has 4 heteroatoms. The monoisotopic (exact) mass is 279 g/mol. The molecule has 2 unspecified atom stereocenters. The number of hydrogen-bond acceptors (Lipinski definition) is 4. The minimum absolute atomic E-state index is 0.0654. The molecular weight excluding hydrogens is 254 g/mol. The van der Waals surface area contributed by atoms with Crippen LogP contribution < -0.4 is 4.90 Å². The fourth-order valence-electron chi connectivity index (χ4n) is 2.31. The van der Waals surface area contributed by atoms with Crippen molar-refractivity contribution < 1.29 is 14.2 Å². The van der Waals surface area contributed by atoms with Gasteiger partial charge in [0, 0.05) is 5.69 Å². The maximum atomic E-state index is 5.96. The first kappa shape index (κ1) is 15.3. The minimum atomic E-state index is -0.206. The van der Waals surface area contributed by atoms with Crippen LogP contribution in [0.1, 0.15) is 27.7 Å². The molecule has 2 atom stereocenters. The van der Waals surface area contributed by atoms with Crippen molar-refractivity contribution in [3.05, 3.63) is 30.3 Å². The second-order valence-electron chi connectivity index (χ2n) is 5.58. The standard InChI is InChI=1S/C16H25NO3/c1-12(2)19-15-11-18-16(20-13(3)4)10-17(15)14-8-6-5-7-9-14/h5-9,12-13,15-16H,10-11H2,1-4H3. The summed E-state index contributed by atoms with van der Waals surface area (Å²) in [5.41, 5.74) is 1.14. The summed E-state index contributed by atoms with van der Waals surface area (Å²) in [5, 5.41) is 0. The second-order valence-corrected chi connectivity index (χ2v) is 5.58. The molecule has 1 aromatic rings. The fraction of sp³-hybridized carbons (Fsp3) is 0.625. The van der Waals surface area contributed by atoms with Gasteiger partial charge in [-0.15, -0.1) is 0 Å². The van der Waals surface area contributed by atoms with Crippen LogP contribution in [0.5, 0.6) is 0 Å². The molecule has 0 N–H and O–H groups in total. The van der Waals surface area contributed by atoms with E-state index in [1.165, 1.54) is 0 Å². The SMILES string of the molecule is CC(C)OC1CN(c2ccccc2)C(OC(C)C)CO1. The van der Waals surface area contributed by atoms with Gasteiger partial charge >= 0.3 is 0 Å². The van der Waals surface area contributed by atoms with Crippen LogP contribution in [0.15, 0.2) is 30.3 Å². The molecule has 2 rings (SSSR count). The molecule has 1 aliphatic heterocycles. The Balaban J connectivity index is 2.10. The lowest BCUT2D eigenvalue weighted by Gasteiger charge is -2.41. The lowest BCUT2D eigenvalue weighted by Crippen LogP contribution is -2.53. The van der Waals surface area contributed by atoms with E-state index in [0.717, 1.165) is 5.69 Å². The Hall–Kier alpha value is -1.10. The molecule has 1 fully saturated rings. The predicted molar refractivity (Wildman–Crippen MR) is 79.8 cm³/mol. The van der Waals surface area contributed by atoms with Crippen molar-refractivity contribution in [1.29, 1.82) is 0 Å². The fourth-order valence-corrected chi connectivity index (χ4v) is 2.31. The zero-order valence-electron chi connectivity index (χ0n) is 12.8. The van der Waals surface area contributed by atoms with Crippen molar-refractivity contribution in [2.75, 3.05) is 18.1 Å². The molecule has 1 saturated heterocycles. The van der Waals surface area contributed by atoms with E-state index in [1.807, 2.05) is 45.9 Å². The van der Waals surface area contributed by atoms with Crippen LogP contribution in [0.4, 0.5) is 5.69 Å². The molecule has 4 nitrogen and oxygen atoms in total. The van der Waals surface area contributed by atoms with Gasteiger partial charge in [-0.05, 0) is 39.8 Å². The first-order valence-electron chi connectivity index (χ1n) is 7.30. The Kier molecular flexibility index (Phi) is 5.40. The van der Waals surface area contributed by atoms with Gasteiger partial charge in [-0.2, -0.15) is 0 Å². The van der Waals surface area contributed by atoms with Crippen molar-refractivity contribution >= 4 is 5.69 Å². The molecule has 20 heavy (non-hydrogen) atoms. The largest absolute Gasteiger partial charge is 0.353 e. The number of morpholine rings is 1. The van der Waals surface area contributed by atoms with Crippen LogP contribution in [-0.4, -0.2) is 37.9 Å². The number of rotatable bonds is 5. The number of benzene rings is 1. The molecule has 0 spiro atoms. The Bertz CT molecular complexity index is 394. The third-order valence-corrected chi connectivity index (χ3v) is 3.06.